The maximum atomic E-state index is 12.0. The van der Waals surface area contributed by atoms with Crippen molar-refractivity contribution in [2.24, 2.45) is 0 Å². The molecule has 0 saturated carbocycles. The van der Waals surface area contributed by atoms with Gasteiger partial charge >= 0.3 is 6.03 Å². The van der Waals surface area contributed by atoms with Gasteiger partial charge in [0, 0.05) is 17.9 Å². The van der Waals surface area contributed by atoms with Gasteiger partial charge in [0.05, 0.1) is 0 Å². The van der Waals surface area contributed by atoms with E-state index in [1.807, 2.05) is 42.5 Å². The van der Waals surface area contributed by atoms with E-state index in [0.29, 0.717) is 0 Å². The fraction of sp³-hybridized carbons (Fsp3) is 0.188. The zero-order valence-corrected chi connectivity index (χ0v) is 11.1. The number of para-hydroxylation sites is 1. The number of anilines is 2. The molecule has 2 aromatic rings. The lowest BCUT2D eigenvalue weighted by molar-refractivity contribution is 0.262. The fourth-order valence-corrected chi connectivity index (χ4v) is 2.44. The van der Waals surface area contributed by atoms with E-state index >= 15 is 0 Å². The average Bonchev–Trinajstić information content (AvgIpc) is 2.48. The molecule has 0 aromatic heterocycles. The first-order valence-electron chi connectivity index (χ1n) is 6.77. The number of urea groups is 1. The highest BCUT2D eigenvalue weighted by Gasteiger charge is 2.13. The molecule has 0 radical (unpaired) electrons. The third-order valence-corrected chi connectivity index (χ3v) is 3.43. The summed E-state index contributed by atoms with van der Waals surface area (Å²) in [6.07, 6.45) is 1.01. The largest absolute Gasteiger partial charge is 0.323 e. The first-order chi connectivity index (χ1) is 9.83. The second-order valence-corrected chi connectivity index (χ2v) is 4.82. The van der Waals surface area contributed by atoms with Gasteiger partial charge in [-0.2, -0.15) is 0 Å². The molecule has 1 heterocycles. The Hall–Kier alpha value is -2.33. The molecule has 20 heavy (non-hydrogen) atoms. The van der Waals surface area contributed by atoms with Crippen LogP contribution in [0, 0.1) is 0 Å². The van der Waals surface area contributed by atoms with Gasteiger partial charge in [-0.3, -0.25) is 0 Å². The second kappa shape index (κ2) is 5.75. The molecule has 4 heteroatoms. The Morgan fingerprint density at radius 2 is 1.85 bits per heavy atom. The number of amides is 2. The Kier molecular flexibility index (Phi) is 3.65. The zero-order chi connectivity index (χ0) is 13.8. The van der Waals surface area contributed by atoms with Crippen molar-refractivity contribution in [3.63, 3.8) is 0 Å². The summed E-state index contributed by atoms with van der Waals surface area (Å²) in [5.41, 5.74) is 4.15. The molecular formula is C16H17N3O. The number of rotatable bonds is 2. The molecule has 0 aliphatic carbocycles. The van der Waals surface area contributed by atoms with E-state index < -0.39 is 0 Å². The lowest BCUT2D eigenvalue weighted by Gasteiger charge is -2.20. The van der Waals surface area contributed by atoms with Gasteiger partial charge < -0.3 is 16.0 Å². The van der Waals surface area contributed by atoms with E-state index in [0.717, 1.165) is 30.9 Å². The van der Waals surface area contributed by atoms with E-state index in [4.69, 9.17) is 0 Å². The molecule has 4 nitrogen and oxygen atoms in total. The summed E-state index contributed by atoms with van der Waals surface area (Å²) in [6, 6.07) is 15.3. The summed E-state index contributed by atoms with van der Waals surface area (Å²) in [6.45, 7) is 1.80. The Bertz CT molecular complexity index is 610. The van der Waals surface area contributed by atoms with Gasteiger partial charge in [0.2, 0.25) is 0 Å². The maximum absolute atomic E-state index is 12.0. The number of benzene rings is 2. The molecule has 3 N–H and O–H groups in total. The molecule has 0 saturated heterocycles. The molecule has 0 bridgehead atoms. The quantitative estimate of drug-likeness (QED) is 0.783. The van der Waals surface area contributed by atoms with Crippen molar-refractivity contribution in [3.8, 4) is 0 Å². The summed E-state index contributed by atoms with van der Waals surface area (Å²) in [4.78, 5) is 12.0. The van der Waals surface area contributed by atoms with Crippen molar-refractivity contribution >= 4 is 17.4 Å². The van der Waals surface area contributed by atoms with E-state index in [2.05, 4.69) is 22.0 Å². The number of carbonyl (C=O) groups is 1. The van der Waals surface area contributed by atoms with Crippen molar-refractivity contribution in [1.82, 2.24) is 5.32 Å². The number of hydrogen-bond acceptors (Lipinski definition) is 2. The van der Waals surface area contributed by atoms with Crippen LogP contribution >= 0.6 is 0 Å². The van der Waals surface area contributed by atoms with Crippen LogP contribution < -0.4 is 16.0 Å². The highest BCUT2D eigenvalue weighted by molar-refractivity contribution is 6.00. The molecule has 2 aromatic carbocycles. The molecule has 2 amide bonds. The van der Waals surface area contributed by atoms with Crippen molar-refractivity contribution in [2.45, 2.75) is 13.0 Å². The minimum atomic E-state index is -0.213. The molecule has 0 spiro atoms. The predicted molar refractivity (Wildman–Crippen MR) is 80.9 cm³/mol. The van der Waals surface area contributed by atoms with E-state index in [9.17, 15) is 4.79 Å². The topological polar surface area (TPSA) is 53.2 Å². The van der Waals surface area contributed by atoms with Gasteiger partial charge in [0.15, 0.2) is 0 Å². The lowest BCUT2D eigenvalue weighted by atomic mass is 9.99. The number of hydrogen-bond donors (Lipinski definition) is 3. The Morgan fingerprint density at radius 1 is 1.00 bits per heavy atom. The molecule has 0 unspecified atom stereocenters. The molecular weight excluding hydrogens is 250 g/mol. The van der Waals surface area contributed by atoms with E-state index in [1.54, 1.807) is 0 Å². The van der Waals surface area contributed by atoms with Crippen LogP contribution in [0.4, 0.5) is 16.2 Å². The summed E-state index contributed by atoms with van der Waals surface area (Å²) < 4.78 is 0. The minimum Gasteiger partial charge on any atom is -0.312 e. The Labute approximate surface area is 118 Å². The minimum absolute atomic E-state index is 0.213. The average molecular weight is 267 g/mol. The summed E-state index contributed by atoms with van der Waals surface area (Å²) in [5, 5.41) is 9.09. The van der Waals surface area contributed by atoms with Crippen molar-refractivity contribution < 1.29 is 4.79 Å². The van der Waals surface area contributed by atoms with Crippen molar-refractivity contribution in [1.29, 1.82) is 0 Å². The second-order valence-electron chi connectivity index (χ2n) is 4.82. The van der Waals surface area contributed by atoms with Crippen LogP contribution in [0.25, 0.3) is 0 Å². The van der Waals surface area contributed by atoms with Crippen LogP contribution in [0.15, 0.2) is 48.5 Å². The van der Waals surface area contributed by atoms with Crippen LogP contribution in [0.1, 0.15) is 11.1 Å². The number of fused-ring (bicyclic) bond motifs is 1. The predicted octanol–water partition coefficient (Wildman–Crippen LogP) is 2.98. The standard InChI is InChI=1S/C16H17N3O/c20-16(18-13-6-2-1-3-7-13)19-15-8-4-5-12-9-10-17-11-14(12)15/h1-8,17H,9-11H2,(H2,18,19,20). The normalized spacial score (nSPS) is 13.4. The van der Waals surface area contributed by atoms with Crippen LogP contribution in [-0.4, -0.2) is 12.6 Å². The first kappa shape index (κ1) is 12.7. The van der Waals surface area contributed by atoms with Crippen molar-refractivity contribution in [2.75, 3.05) is 17.2 Å². The summed E-state index contributed by atoms with van der Waals surface area (Å²) in [7, 11) is 0. The highest BCUT2D eigenvalue weighted by atomic mass is 16.2. The molecule has 1 aliphatic heterocycles. The summed E-state index contributed by atoms with van der Waals surface area (Å²) in [5.74, 6) is 0. The Morgan fingerprint density at radius 3 is 2.70 bits per heavy atom. The summed E-state index contributed by atoms with van der Waals surface area (Å²) >= 11 is 0. The highest BCUT2D eigenvalue weighted by Crippen LogP contribution is 2.23. The van der Waals surface area contributed by atoms with Crippen LogP contribution in [0.5, 0.6) is 0 Å². The number of carbonyl (C=O) groups excluding carboxylic acids is 1. The molecule has 0 atom stereocenters. The van der Waals surface area contributed by atoms with Gasteiger partial charge in [-0.15, -0.1) is 0 Å². The van der Waals surface area contributed by atoms with E-state index in [1.165, 1.54) is 11.1 Å². The molecule has 0 fully saturated rings. The Balaban J connectivity index is 1.73. The first-order valence-corrected chi connectivity index (χ1v) is 6.77. The molecule has 1 aliphatic rings. The molecule has 3 rings (SSSR count). The van der Waals surface area contributed by atoms with Gasteiger partial charge in [-0.05, 0) is 42.3 Å². The third-order valence-electron chi connectivity index (χ3n) is 3.43. The van der Waals surface area contributed by atoms with Crippen LogP contribution in [0.2, 0.25) is 0 Å². The number of nitrogens with one attached hydrogen (secondary N) is 3. The smallest absolute Gasteiger partial charge is 0.312 e. The van der Waals surface area contributed by atoms with Gasteiger partial charge in [-0.25, -0.2) is 4.79 Å². The monoisotopic (exact) mass is 267 g/mol. The zero-order valence-electron chi connectivity index (χ0n) is 11.1. The van der Waals surface area contributed by atoms with Crippen molar-refractivity contribution in [3.05, 3.63) is 59.7 Å². The van der Waals surface area contributed by atoms with E-state index in [-0.39, 0.29) is 6.03 Å². The fourth-order valence-electron chi connectivity index (χ4n) is 2.44. The molecule has 102 valence electrons. The van der Waals surface area contributed by atoms with Gasteiger partial charge in [0.25, 0.3) is 0 Å². The maximum Gasteiger partial charge on any atom is 0.323 e. The van der Waals surface area contributed by atoms with Gasteiger partial charge in [-0.1, -0.05) is 30.3 Å². The SMILES string of the molecule is O=C(Nc1ccccc1)Nc1cccc2c1CNCC2. The lowest BCUT2D eigenvalue weighted by Crippen LogP contribution is -2.26. The van der Waals surface area contributed by atoms with Crippen LogP contribution in [-0.2, 0) is 13.0 Å². The van der Waals surface area contributed by atoms with Gasteiger partial charge in [0.1, 0.15) is 0 Å². The third kappa shape index (κ3) is 2.81. The van der Waals surface area contributed by atoms with Crippen LogP contribution in [0.3, 0.4) is 0 Å².